The topological polar surface area (TPSA) is 32.3 Å². The fourth-order valence-corrected chi connectivity index (χ4v) is 3.53. The minimum absolute atomic E-state index is 0. The number of nitrogens with zero attached hydrogens (tertiary/aromatic N) is 1. The van der Waals surface area contributed by atoms with Gasteiger partial charge in [-0.2, -0.15) is 0 Å². The van der Waals surface area contributed by atoms with Crippen molar-refractivity contribution in [1.82, 2.24) is 10.2 Å². The molecule has 2 rings (SSSR count). The van der Waals surface area contributed by atoms with Gasteiger partial charge in [-0.1, -0.05) is 19.8 Å². The van der Waals surface area contributed by atoms with Crippen molar-refractivity contribution in [3.8, 4) is 0 Å². The second kappa shape index (κ2) is 8.11. The second-order valence-electron chi connectivity index (χ2n) is 6.17. The molecule has 4 heteroatoms. The van der Waals surface area contributed by atoms with E-state index in [1.807, 2.05) is 11.9 Å². The van der Waals surface area contributed by atoms with Gasteiger partial charge in [-0.3, -0.25) is 4.79 Å². The number of carbonyl (C=O) groups excluding carboxylic acids is 1. The molecule has 0 aromatic heterocycles. The highest BCUT2D eigenvalue weighted by molar-refractivity contribution is 5.85. The molecule has 0 bridgehead atoms. The zero-order valence-corrected chi connectivity index (χ0v) is 13.2. The number of rotatable bonds is 4. The summed E-state index contributed by atoms with van der Waals surface area (Å²) in [4.78, 5) is 14.3. The average molecular weight is 289 g/mol. The van der Waals surface area contributed by atoms with E-state index in [0.29, 0.717) is 23.9 Å². The lowest BCUT2D eigenvalue weighted by molar-refractivity contribution is -0.133. The molecule has 3 unspecified atom stereocenters. The highest BCUT2D eigenvalue weighted by Crippen LogP contribution is 2.28. The molecule has 1 N–H and O–H groups in total. The normalized spacial score (nSPS) is 30.7. The Labute approximate surface area is 123 Å². The van der Waals surface area contributed by atoms with E-state index >= 15 is 0 Å². The standard InChI is InChI=1S/C15H28N2O.ClH/c1-12-6-3-4-8-14(12)17(2)15(18)10-9-13-7-5-11-16-13;/h12-14,16H,3-11H2,1-2H3;1H. The molecule has 112 valence electrons. The van der Waals surface area contributed by atoms with Gasteiger partial charge < -0.3 is 10.2 Å². The molecule has 2 aliphatic rings. The van der Waals surface area contributed by atoms with Crippen molar-refractivity contribution in [1.29, 1.82) is 0 Å². The molecule has 1 saturated carbocycles. The minimum atomic E-state index is 0. The summed E-state index contributed by atoms with van der Waals surface area (Å²) in [5.74, 6) is 1.03. The van der Waals surface area contributed by atoms with Crippen LogP contribution < -0.4 is 5.32 Å². The van der Waals surface area contributed by atoms with E-state index in [2.05, 4.69) is 12.2 Å². The number of hydrogen-bond acceptors (Lipinski definition) is 2. The van der Waals surface area contributed by atoms with Gasteiger partial charge >= 0.3 is 0 Å². The Kier molecular flexibility index (Phi) is 7.16. The number of hydrogen-bond donors (Lipinski definition) is 1. The molecule has 0 aromatic rings. The Morgan fingerprint density at radius 2 is 1.95 bits per heavy atom. The first-order valence-corrected chi connectivity index (χ1v) is 7.67. The van der Waals surface area contributed by atoms with Crippen molar-refractivity contribution in [3.63, 3.8) is 0 Å². The maximum atomic E-state index is 12.2. The van der Waals surface area contributed by atoms with E-state index < -0.39 is 0 Å². The summed E-state index contributed by atoms with van der Waals surface area (Å²) in [5, 5.41) is 3.47. The van der Waals surface area contributed by atoms with E-state index in [-0.39, 0.29) is 12.4 Å². The molecule has 1 heterocycles. The van der Waals surface area contributed by atoms with Gasteiger partial charge in [0, 0.05) is 25.6 Å². The summed E-state index contributed by atoms with van der Waals surface area (Å²) in [7, 11) is 2.01. The van der Waals surface area contributed by atoms with Crippen molar-refractivity contribution in [2.24, 2.45) is 5.92 Å². The smallest absolute Gasteiger partial charge is 0.222 e. The van der Waals surface area contributed by atoms with Crippen LogP contribution in [0.5, 0.6) is 0 Å². The van der Waals surface area contributed by atoms with Crippen LogP contribution in [0.1, 0.15) is 58.3 Å². The van der Waals surface area contributed by atoms with Crippen LogP contribution in [0.4, 0.5) is 0 Å². The molecule has 1 aliphatic carbocycles. The summed E-state index contributed by atoms with van der Waals surface area (Å²) in [6, 6.07) is 1.08. The molecule has 1 amide bonds. The van der Waals surface area contributed by atoms with Crippen LogP contribution >= 0.6 is 12.4 Å². The summed E-state index contributed by atoms with van der Waals surface area (Å²) < 4.78 is 0. The first-order valence-electron chi connectivity index (χ1n) is 7.67. The highest BCUT2D eigenvalue weighted by Gasteiger charge is 2.28. The quantitative estimate of drug-likeness (QED) is 0.862. The molecule has 1 saturated heterocycles. The third-order valence-electron chi connectivity index (χ3n) is 4.83. The molecule has 0 radical (unpaired) electrons. The molecule has 0 aromatic carbocycles. The molecule has 2 fully saturated rings. The SMILES string of the molecule is CC1CCCCC1N(C)C(=O)CCC1CCCN1.Cl. The van der Waals surface area contributed by atoms with Gasteiger partial charge in [-0.05, 0) is 44.6 Å². The first kappa shape index (κ1) is 16.8. The lowest BCUT2D eigenvalue weighted by Crippen LogP contribution is -2.43. The number of carbonyl (C=O) groups is 1. The lowest BCUT2D eigenvalue weighted by Gasteiger charge is -2.36. The summed E-state index contributed by atoms with van der Waals surface area (Å²) in [6.45, 7) is 3.43. The van der Waals surface area contributed by atoms with Gasteiger partial charge in [0.05, 0.1) is 0 Å². The Balaban J connectivity index is 0.00000180. The lowest BCUT2D eigenvalue weighted by atomic mass is 9.85. The summed E-state index contributed by atoms with van der Waals surface area (Å²) >= 11 is 0. The van der Waals surface area contributed by atoms with Crippen molar-refractivity contribution in [2.45, 2.75) is 70.4 Å². The Bertz CT molecular complexity index is 279. The third-order valence-corrected chi connectivity index (χ3v) is 4.83. The van der Waals surface area contributed by atoms with Crippen molar-refractivity contribution >= 4 is 18.3 Å². The van der Waals surface area contributed by atoms with Crippen LogP contribution in [0.15, 0.2) is 0 Å². The molecular formula is C15H29ClN2O. The summed E-state index contributed by atoms with van der Waals surface area (Å²) in [5.41, 5.74) is 0. The van der Waals surface area contributed by atoms with Crippen molar-refractivity contribution in [3.05, 3.63) is 0 Å². The Hall–Kier alpha value is -0.280. The average Bonchev–Trinajstić information content (AvgIpc) is 2.89. The third kappa shape index (κ3) is 4.64. The molecular weight excluding hydrogens is 260 g/mol. The molecule has 1 aliphatic heterocycles. The van der Waals surface area contributed by atoms with Crippen LogP contribution in [0.2, 0.25) is 0 Å². The number of amides is 1. The van der Waals surface area contributed by atoms with Gasteiger partial charge in [-0.15, -0.1) is 12.4 Å². The van der Waals surface area contributed by atoms with Crippen molar-refractivity contribution in [2.75, 3.05) is 13.6 Å². The van der Waals surface area contributed by atoms with Gasteiger partial charge in [0.2, 0.25) is 5.91 Å². The van der Waals surface area contributed by atoms with E-state index in [1.54, 1.807) is 0 Å². The van der Waals surface area contributed by atoms with Crippen molar-refractivity contribution < 1.29 is 4.79 Å². The van der Waals surface area contributed by atoms with Gasteiger partial charge in [0.1, 0.15) is 0 Å². The van der Waals surface area contributed by atoms with Crippen LogP contribution in [0.3, 0.4) is 0 Å². The van der Waals surface area contributed by atoms with Crippen LogP contribution in [-0.4, -0.2) is 36.5 Å². The maximum absolute atomic E-state index is 12.2. The second-order valence-corrected chi connectivity index (χ2v) is 6.17. The van der Waals surface area contributed by atoms with Crippen LogP contribution in [-0.2, 0) is 4.79 Å². The van der Waals surface area contributed by atoms with Crippen LogP contribution in [0, 0.1) is 5.92 Å². The fourth-order valence-electron chi connectivity index (χ4n) is 3.53. The highest BCUT2D eigenvalue weighted by atomic mass is 35.5. The first-order chi connectivity index (χ1) is 8.68. The largest absolute Gasteiger partial charge is 0.343 e. The van der Waals surface area contributed by atoms with E-state index in [4.69, 9.17) is 0 Å². The predicted octanol–water partition coefficient (Wildman–Crippen LogP) is 2.98. The van der Waals surface area contributed by atoms with E-state index in [0.717, 1.165) is 19.4 Å². The number of halogens is 1. The zero-order valence-electron chi connectivity index (χ0n) is 12.4. The maximum Gasteiger partial charge on any atom is 0.222 e. The Morgan fingerprint density at radius 3 is 2.58 bits per heavy atom. The monoisotopic (exact) mass is 288 g/mol. The van der Waals surface area contributed by atoms with Crippen LogP contribution in [0.25, 0.3) is 0 Å². The fraction of sp³-hybridized carbons (Fsp3) is 0.933. The number of nitrogens with one attached hydrogen (secondary N) is 1. The zero-order chi connectivity index (χ0) is 13.0. The summed E-state index contributed by atoms with van der Waals surface area (Å²) in [6.07, 6.45) is 9.37. The van der Waals surface area contributed by atoms with Gasteiger partial charge in [-0.25, -0.2) is 0 Å². The van der Waals surface area contributed by atoms with E-state index in [1.165, 1.54) is 38.5 Å². The molecule has 3 atom stereocenters. The van der Waals surface area contributed by atoms with Gasteiger partial charge in [0.25, 0.3) is 0 Å². The Morgan fingerprint density at radius 1 is 1.21 bits per heavy atom. The minimum Gasteiger partial charge on any atom is -0.343 e. The molecule has 19 heavy (non-hydrogen) atoms. The molecule has 3 nitrogen and oxygen atoms in total. The molecule has 0 spiro atoms. The predicted molar refractivity (Wildman–Crippen MR) is 81.7 cm³/mol. The van der Waals surface area contributed by atoms with Gasteiger partial charge in [0.15, 0.2) is 0 Å². The van der Waals surface area contributed by atoms with E-state index in [9.17, 15) is 4.79 Å².